The molecular formula is C25H21BrN4OS. The van der Waals surface area contributed by atoms with Gasteiger partial charge in [-0.2, -0.15) is 0 Å². The zero-order chi connectivity index (χ0) is 22.2. The molecule has 0 saturated carbocycles. The Morgan fingerprint density at radius 2 is 1.78 bits per heavy atom. The fourth-order valence-corrected chi connectivity index (χ4v) is 4.79. The molecule has 1 fully saturated rings. The minimum absolute atomic E-state index is 0.123. The van der Waals surface area contributed by atoms with Crippen molar-refractivity contribution >= 4 is 38.9 Å². The lowest BCUT2D eigenvalue weighted by Crippen LogP contribution is -2.30. The molecule has 1 aliphatic rings. The predicted octanol–water partition coefficient (Wildman–Crippen LogP) is 5.83. The SMILES string of the molecule is Cc1cc(N2C(=S)N[C@H](c3ccccn3)[C@@H]2c2cccn2-c2ccc(O)cc2)ccc1Br. The Bertz CT molecular complexity index is 1270. The van der Waals surface area contributed by atoms with Gasteiger partial charge in [-0.25, -0.2) is 0 Å². The van der Waals surface area contributed by atoms with Crippen LogP contribution in [0.3, 0.4) is 0 Å². The third kappa shape index (κ3) is 3.67. The number of thiocarbonyl (C=S) groups is 1. The zero-order valence-corrected chi connectivity index (χ0v) is 19.7. The van der Waals surface area contributed by atoms with Crippen molar-refractivity contribution in [3.8, 4) is 11.4 Å². The van der Waals surface area contributed by atoms with Gasteiger partial charge < -0.3 is 19.9 Å². The minimum atomic E-state index is -0.126. The normalized spacial score (nSPS) is 18.1. The molecule has 2 N–H and O–H groups in total. The maximum atomic E-state index is 9.74. The molecule has 0 amide bonds. The standard InChI is InChI=1S/C25H21BrN4OS/c1-16-15-18(9-12-20(16)26)30-24(23(28-25(30)32)21-5-2-3-13-27-21)22-6-4-14-29(22)17-7-10-19(31)11-8-17/h2-15,23-24,31H,1H3,(H,28,32)/t23-,24+/m1/s1. The summed E-state index contributed by atoms with van der Waals surface area (Å²) in [6.07, 6.45) is 3.84. The fourth-order valence-electron chi connectivity index (χ4n) is 4.20. The van der Waals surface area contributed by atoms with Crippen molar-refractivity contribution in [2.45, 2.75) is 19.0 Å². The van der Waals surface area contributed by atoms with E-state index in [-0.39, 0.29) is 17.8 Å². The quantitative estimate of drug-likeness (QED) is 0.342. The van der Waals surface area contributed by atoms with Gasteiger partial charge in [0.15, 0.2) is 5.11 Å². The van der Waals surface area contributed by atoms with E-state index in [1.54, 1.807) is 12.1 Å². The number of phenolic OH excluding ortho intramolecular Hbond substituents is 1. The van der Waals surface area contributed by atoms with E-state index in [0.29, 0.717) is 5.11 Å². The summed E-state index contributed by atoms with van der Waals surface area (Å²) < 4.78 is 3.19. The number of hydrogen-bond acceptors (Lipinski definition) is 3. The van der Waals surface area contributed by atoms with Gasteiger partial charge in [0.25, 0.3) is 0 Å². The number of aromatic nitrogens is 2. The lowest BCUT2D eigenvalue weighted by atomic mass is 10.0. The molecule has 0 spiro atoms. The molecule has 2 aromatic carbocycles. The molecule has 4 aromatic rings. The number of nitrogens with one attached hydrogen (secondary N) is 1. The Morgan fingerprint density at radius 1 is 1.00 bits per heavy atom. The fraction of sp³-hybridized carbons (Fsp3) is 0.120. The second-order valence-corrected chi connectivity index (χ2v) is 8.99. The van der Waals surface area contributed by atoms with Crippen LogP contribution in [-0.2, 0) is 0 Å². The number of aryl methyl sites for hydroxylation is 1. The van der Waals surface area contributed by atoms with Crippen LogP contribution in [0.25, 0.3) is 5.69 Å². The third-order valence-electron chi connectivity index (χ3n) is 5.73. The van der Waals surface area contributed by atoms with Crippen LogP contribution in [0.2, 0.25) is 0 Å². The van der Waals surface area contributed by atoms with Gasteiger partial charge >= 0.3 is 0 Å². The lowest BCUT2D eigenvalue weighted by Gasteiger charge is -2.29. The molecule has 3 heterocycles. The van der Waals surface area contributed by atoms with Gasteiger partial charge in [-0.15, -0.1) is 0 Å². The minimum Gasteiger partial charge on any atom is -0.508 e. The topological polar surface area (TPSA) is 53.3 Å². The van der Waals surface area contributed by atoms with E-state index in [2.05, 4.69) is 66.9 Å². The van der Waals surface area contributed by atoms with Crippen molar-refractivity contribution < 1.29 is 5.11 Å². The Balaban J connectivity index is 1.67. The molecule has 7 heteroatoms. The molecule has 0 radical (unpaired) electrons. The van der Waals surface area contributed by atoms with Gasteiger partial charge in [0.1, 0.15) is 11.8 Å². The number of aromatic hydroxyl groups is 1. The van der Waals surface area contributed by atoms with Crippen molar-refractivity contribution in [2.75, 3.05) is 4.90 Å². The van der Waals surface area contributed by atoms with Gasteiger partial charge in [-0.3, -0.25) is 4.98 Å². The number of phenols is 1. The average Bonchev–Trinajstić information content (AvgIpc) is 3.41. The van der Waals surface area contributed by atoms with Crippen LogP contribution in [0.4, 0.5) is 5.69 Å². The molecule has 5 rings (SSSR count). The number of halogens is 1. The lowest BCUT2D eigenvalue weighted by molar-refractivity contribution is 0.475. The van der Waals surface area contributed by atoms with Crippen molar-refractivity contribution in [1.29, 1.82) is 0 Å². The Hall–Kier alpha value is -3.16. The summed E-state index contributed by atoms with van der Waals surface area (Å²) in [5.74, 6) is 0.240. The monoisotopic (exact) mass is 504 g/mol. The average molecular weight is 505 g/mol. The molecular weight excluding hydrogens is 484 g/mol. The Kier molecular flexibility index (Phi) is 5.45. The summed E-state index contributed by atoms with van der Waals surface area (Å²) in [5, 5.41) is 13.9. The van der Waals surface area contributed by atoms with Crippen molar-refractivity contribution in [3.05, 3.63) is 107 Å². The van der Waals surface area contributed by atoms with Crippen molar-refractivity contribution in [3.63, 3.8) is 0 Å². The first kappa shape index (κ1) is 20.7. The van der Waals surface area contributed by atoms with Gasteiger partial charge in [-0.05, 0) is 91.4 Å². The molecule has 160 valence electrons. The highest BCUT2D eigenvalue weighted by Crippen LogP contribution is 2.42. The third-order valence-corrected chi connectivity index (χ3v) is 6.93. The highest BCUT2D eigenvalue weighted by Gasteiger charge is 2.42. The zero-order valence-electron chi connectivity index (χ0n) is 17.3. The summed E-state index contributed by atoms with van der Waals surface area (Å²) in [5.41, 5.74) is 5.12. The van der Waals surface area contributed by atoms with Gasteiger partial charge in [-0.1, -0.05) is 22.0 Å². The van der Waals surface area contributed by atoms with E-state index in [1.165, 1.54) is 0 Å². The van der Waals surface area contributed by atoms with Gasteiger partial charge in [0, 0.05) is 33.9 Å². The smallest absolute Gasteiger partial charge is 0.174 e. The summed E-state index contributed by atoms with van der Waals surface area (Å²) >= 11 is 9.44. The molecule has 1 saturated heterocycles. The predicted molar refractivity (Wildman–Crippen MR) is 134 cm³/mol. The largest absolute Gasteiger partial charge is 0.508 e. The van der Waals surface area contributed by atoms with Crippen LogP contribution < -0.4 is 10.2 Å². The summed E-state index contributed by atoms with van der Waals surface area (Å²) in [4.78, 5) is 6.80. The summed E-state index contributed by atoms with van der Waals surface area (Å²) in [6, 6.07) is 23.3. The second kappa shape index (κ2) is 8.41. The van der Waals surface area contributed by atoms with Crippen LogP contribution in [0.5, 0.6) is 5.75 Å². The van der Waals surface area contributed by atoms with Crippen LogP contribution in [0.1, 0.15) is 29.0 Å². The maximum Gasteiger partial charge on any atom is 0.174 e. The van der Waals surface area contributed by atoms with E-state index >= 15 is 0 Å². The number of anilines is 1. The molecule has 0 aliphatic carbocycles. The van der Waals surface area contributed by atoms with E-state index in [0.717, 1.165) is 32.8 Å². The molecule has 1 aliphatic heterocycles. The Morgan fingerprint density at radius 3 is 2.50 bits per heavy atom. The van der Waals surface area contributed by atoms with E-state index in [4.69, 9.17) is 12.2 Å². The number of hydrogen-bond donors (Lipinski definition) is 2. The van der Waals surface area contributed by atoms with Crippen LogP contribution in [0.15, 0.2) is 89.7 Å². The first-order valence-electron chi connectivity index (χ1n) is 10.3. The molecule has 2 aromatic heterocycles. The van der Waals surface area contributed by atoms with Gasteiger partial charge in [0.2, 0.25) is 0 Å². The van der Waals surface area contributed by atoms with E-state index in [1.807, 2.05) is 48.8 Å². The summed E-state index contributed by atoms with van der Waals surface area (Å²) in [7, 11) is 0. The molecule has 2 atom stereocenters. The van der Waals surface area contributed by atoms with E-state index < -0.39 is 0 Å². The van der Waals surface area contributed by atoms with Crippen molar-refractivity contribution in [1.82, 2.24) is 14.9 Å². The van der Waals surface area contributed by atoms with Crippen LogP contribution >= 0.6 is 28.1 Å². The highest BCUT2D eigenvalue weighted by atomic mass is 79.9. The van der Waals surface area contributed by atoms with Gasteiger partial charge in [0.05, 0.1) is 11.7 Å². The number of rotatable bonds is 4. The number of nitrogens with zero attached hydrogens (tertiary/aromatic N) is 3. The maximum absolute atomic E-state index is 9.74. The highest BCUT2D eigenvalue weighted by molar-refractivity contribution is 9.10. The van der Waals surface area contributed by atoms with Crippen LogP contribution in [0, 0.1) is 6.92 Å². The van der Waals surface area contributed by atoms with E-state index in [9.17, 15) is 5.11 Å². The molecule has 0 bridgehead atoms. The van der Waals surface area contributed by atoms with Crippen LogP contribution in [-0.4, -0.2) is 19.8 Å². The first-order chi connectivity index (χ1) is 15.5. The molecule has 32 heavy (non-hydrogen) atoms. The number of benzene rings is 2. The summed E-state index contributed by atoms with van der Waals surface area (Å²) in [6.45, 7) is 2.07. The van der Waals surface area contributed by atoms with Crippen molar-refractivity contribution in [2.24, 2.45) is 0 Å². The second-order valence-electron chi connectivity index (χ2n) is 7.75. The number of pyridine rings is 1. The molecule has 0 unspecified atom stereocenters. The first-order valence-corrected chi connectivity index (χ1v) is 11.5. The Labute approximate surface area is 200 Å². The molecule has 5 nitrogen and oxygen atoms in total.